The molecule has 0 saturated carbocycles. The Kier molecular flexibility index (Phi) is 8.44. The first kappa shape index (κ1) is 27.3. The van der Waals surface area contributed by atoms with Crippen molar-refractivity contribution in [1.82, 2.24) is 0 Å². The molecule has 38 heavy (non-hydrogen) atoms. The highest BCUT2D eigenvalue weighted by Gasteiger charge is 2.39. The number of ether oxygens (including phenoxy) is 2. The van der Waals surface area contributed by atoms with Gasteiger partial charge in [0, 0.05) is 12.1 Å². The first-order valence-electron chi connectivity index (χ1n) is 12.3. The van der Waals surface area contributed by atoms with Gasteiger partial charge in [0.05, 0.1) is 24.1 Å². The number of carbonyl (C=O) groups is 1. The lowest BCUT2D eigenvalue weighted by Gasteiger charge is -2.18. The van der Waals surface area contributed by atoms with Gasteiger partial charge in [-0.3, -0.25) is 9.79 Å². The molecule has 0 fully saturated rings. The van der Waals surface area contributed by atoms with Gasteiger partial charge in [0.1, 0.15) is 17.4 Å². The van der Waals surface area contributed by atoms with E-state index in [9.17, 15) is 26.7 Å². The number of halogens is 5. The van der Waals surface area contributed by atoms with Crippen LogP contribution in [0.3, 0.4) is 0 Å². The molecule has 0 saturated heterocycles. The van der Waals surface area contributed by atoms with E-state index in [0.29, 0.717) is 16.7 Å². The Morgan fingerprint density at radius 1 is 0.921 bits per heavy atom. The topological polar surface area (TPSA) is 47.9 Å². The second-order valence-electron chi connectivity index (χ2n) is 9.00. The van der Waals surface area contributed by atoms with Crippen molar-refractivity contribution in [1.29, 1.82) is 0 Å². The average molecular weight is 532 g/mol. The fourth-order valence-corrected chi connectivity index (χ4v) is 4.44. The van der Waals surface area contributed by atoms with Crippen molar-refractivity contribution in [3.8, 4) is 16.9 Å². The summed E-state index contributed by atoms with van der Waals surface area (Å²) in [6.07, 6.45) is -2.15. The van der Waals surface area contributed by atoms with E-state index in [1.165, 1.54) is 30.3 Å². The maximum absolute atomic E-state index is 14.5. The van der Waals surface area contributed by atoms with Crippen molar-refractivity contribution >= 4 is 11.7 Å². The first-order chi connectivity index (χ1) is 18.2. The first-order valence-corrected chi connectivity index (χ1v) is 12.3. The molecule has 200 valence electrons. The van der Waals surface area contributed by atoms with E-state index in [2.05, 4.69) is 9.73 Å². The Labute approximate surface area is 217 Å². The van der Waals surface area contributed by atoms with Crippen molar-refractivity contribution in [3.63, 3.8) is 0 Å². The molecule has 3 aromatic carbocycles. The number of nitrogens with zero attached hydrogens (tertiary/aromatic N) is 1. The highest BCUT2D eigenvalue weighted by molar-refractivity contribution is 6.04. The largest absolute Gasteiger partial charge is 0.573 e. The van der Waals surface area contributed by atoms with Crippen LogP contribution in [-0.4, -0.2) is 24.7 Å². The summed E-state index contributed by atoms with van der Waals surface area (Å²) in [5, 5.41) is 0. The number of carbonyl (C=O) groups excluding carboxylic acids is 1. The minimum Gasteiger partial charge on any atom is -0.465 e. The normalized spacial score (nSPS) is 17.3. The van der Waals surface area contributed by atoms with Crippen LogP contribution in [0.2, 0.25) is 0 Å². The number of hydrogen-bond donors (Lipinski definition) is 0. The summed E-state index contributed by atoms with van der Waals surface area (Å²) in [6, 6.07) is 15.3. The third kappa shape index (κ3) is 6.57. The van der Waals surface area contributed by atoms with Gasteiger partial charge in [-0.05, 0) is 47.4 Å². The third-order valence-corrected chi connectivity index (χ3v) is 6.31. The standard InChI is InChI=1S/C29H26F5NO3/c1-2-3-4-16-37-28(36)22-17-25(26-23(30)6-5-7-24(26)31)35-27(22)20-10-8-18(9-11-20)19-12-14-21(15-13-19)38-29(32,33)34/h5-15,22,27H,2-4,16-17H2,1H3/t22-,27-/m0/s1. The van der Waals surface area contributed by atoms with Crippen LogP contribution >= 0.6 is 0 Å². The molecule has 0 radical (unpaired) electrons. The monoisotopic (exact) mass is 531 g/mol. The molecule has 0 aliphatic carbocycles. The average Bonchev–Trinajstić information content (AvgIpc) is 3.31. The molecule has 0 amide bonds. The van der Waals surface area contributed by atoms with Gasteiger partial charge in [0.25, 0.3) is 0 Å². The second kappa shape index (κ2) is 11.8. The van der Waals surface area contributed by atoms with Crippen LogP contribution in [0.4, 0.5) is 22.0 Å². The molecule has 4 rings (SSSR count). The smallest absolute Gasteiger partial charge is 0.465 e. The summed E-state index contributed by atoms with van der Waals surface area (Å²) >= 11 is 0. The molecule has 3 aromatic rings. The number of aliphatic imine (C=N–C) groups is 1. The number of hydrogen-bond acceptors (Lipinski definition) is 4. The zero-order valence-corrected chi connectivity index (χ0v) is 20.6. The van der Waals surface area contributed by atoms with Crippen LogP contribution in [0.25, 0.3) is 11.1 Å². The molecule has 1 aliphatic heterocycles. The van der Waals surface area contributed by atoms with Gasteiger partial charge >= 0.3 is 12.3 Å². The Balaban J connectivity index is 1.59. The van der Waals surface area contributed by atoms with Gasteiger partial charge in [0.2, 0.25) is 0 Å². The zero-order valence-electron chi connectivity index (χ0n) is 20.6. The van der Waals surface area contributed by atoms with Gasteiger partial charge in [-0.25, -0.2) is 8.78 Å². The minimum absolute atomic E-state index is 0.0253. The Morgan fingerprint density at radius 2 is 1.53 bits per heavy atom. The van der Waals surface area contributed by atoms with Crippen molar-refractivity contribution < 1.29 is 36.2 Å². The molecule has 0 bridgehead atoms. The molecule has 0 N–H and O–H groups in total. The van der Waals surface area contributed by atoms with Crippen LogP contribution in [0.5, 0.6) is 5.75 Å². The van der Waals surface area contributed by atoms with Crippen LogP contribution in [-0.2, 0) is 9.53 Å². The SMILES string of the molecule is CCCCCOC(=O)[C@H]1CC(c2c(F)cccc2F)=N[C@H]1c1ccc(-c2ccc(OC(F)(F)F)cc2)cc1. The molecular formula is C29H26F5NO3. The third-order valence-electron chi connectivity index (χ3n) is 6.31. The maximum Gasteiger partial charge on any atom is 0.573 e. The van der Waals surface area contributed by atoms with Gasteiger partial charge in [-0.15, -0.1) is 13.2 Å². The molecular weight excluding hydrogens is 505 g/mol. The number of benzene rings is 3. The lowest BCUT2D eigenvalue weighted by atomic mass is 9.90. The molecule has 4 nitrogen and oxygen atoms in total. The quantitative estimate of drug-likeness (QED) is 0.161. The summed E-state index contributed by atoms with van der Waals surface area (Å²) in [5.41, 5.74) is 1.92. The predicted molar refractivity (Wildman–Crippen MR) is 133 cm³/mol. The number of rotatable bonds is 9. The Morgan fingerprint density at radius 3 is 2.11 bits per heavy atom. The molecule has 0 aromatic heterocycles. The maximum atomic E-state index is 14.5. The van der Waals surface area contributed by atoms with Gasteiger partial charge in [-0.2, -0.15) is 0 Å². The van der Waals surface area contributed by atoms with E-state index in [0.717, 1.165) is 31.4 Å². The van der Waals surface area contributed by atoms with Gasteiger partial charge in [-0.1, -0.05) is 62.2 Å². The van der Waals surface area contributed by atoms with Crippen molar-refractivity contribution in [2.45, 2.75) is 45.0 Å². The van der Waals surface area contributed by atoms with Crippen molar-refractivity contribution in [2.75, 3.05) is 6.61 Å². The molecule has 0 unspecified atom stereocenters. The number of alkyl halides is 3. The van der Waals surface area contributed by atoms with Crippen LogP contribution in [0.15, 0.2) is 71.7 Å². The van der Waals surface area contributed by atoms with Crippen molar-refractivity contribution in [2.24, 2.45) is 10.9 Å². The van der Waals surface area contributed by atoms with Crippen LogP contribution in [0, 0.1) is 17.6 Å². The highest BCUT2D eigenvalue weighted by Crippen LogP contribution is 2.39. The summed E-state index contributed by atoms with van der Waals surface area (Å²) < 4.78 is 75.6. The van der Waals surface area contributed by atoms with Crippen LogP contribution in [0.1, 0.15) is 49.8 Å². The summed E-state index contributed by atoms with van der Waals surface area (Å²) in [7, 11) is 0. The zero-order chi connectivity index (χ0) is 27.3. The highest BCUT2D eigenvalue weighted by atomic mass is 19.4. The van der Waals surface area contributed by atoms with Crippen molar-refractivity contribution in [3.05, 3.63) is 89.5 Å². The summed E-state index contributed by atoms with van der Waals surface area (Å²) in [6.45, 7) is 2.29. The van der Waals surface area contributed by atoms with E-state index < -0.39 is 35.9 Å². The van der Waals surface area contributed by atoms with E-state index >= 15 is 0 Å². The van der Waals surface area contributed by atoms with E-state index in [1.807, 2.05) is 6.92 Å². The Hall–Kier alpha value is -3.75. The van der Waals surface area contributed by atoms with Gasteiger partial charge in [0.15, 0.2) is 0 Å². The summed E-state index contributed by atoms with van der Waals surface area (Å²) in [4.78, 5) is 17.5. The van der Waals surface area contributed by atoms with Gasteiger partial charge < -0.3 is 9.47 Å². The van der Waals surface area contributed by atoms with E-state index in [-0.39, 0.29) is 30.1 Å². The predicted octanol–water partition coefficient (Wildman–Crippen LogP) is 7.81. The summed E-state index contributed by atoms with van der Waals surface area (Å²) in [5.74, 6) is -3.08. The lowest BCUT2D eigenvalue weighted by Crippen LogP contribution is -2.22. The molecule has 1 heterocycles. The molecule has 2 atom stereocenters. The van der Waals surface area contributed by atoms with Crippen LogP contribution < -0.4 is 4.74 Å². The molecule has 9 heteroatoms. The number of unbranched alkanes of at least 4 members (excludes halogenated alkanes) is 2. The Bertz CT molecular complexity index is 1270. The fourth-order valence-electron chi connectivity index (χ4n) is 4.44. The van der Waals surface area contributed by atoms with E-state index in [4.69, 9.17) is 4.74 Å². The number of esters is 1. The minimum atomic E-state index is -4.77. The molecule has 1 aliphatic rings. The lowest BCUT2D eigenvalue weighted by molar-refractivity contribution is -0.274. The second-order valence-corrected chi connectivity index (χ2v) is 9.00. The molecule has 0 spiro atoms. The van der Waals surface area contributed by atoms with E-state index in [1.54, 1.807) is 24.3 Å². The fraction of sp³-hybridized carbons (Fsp3) is 0.310.